The number of rotatable bonds is 47. The summed E-state index contributed by atoms with van der Waals surface area (Å²) in [6.07, 6.45) is 58.6. The minimum atomic E-state index is -0.541. The molecule has 58 heavy (non-hydrogen) atoms. The van der Waals surface area contributed by atoms with Crippen molar-refractivity contribution in [3.63, 3.8) is 0 Å². The van der Waals surface area contributed by atoms with Crippen LogP contribution in [0, 0.1) is 0 Å². The number of unbranched alkanes of at least 4 members (excludes halogenated alkanes) is 30. The lowest BCUT2D eigenvalue weighted by atomic mass is 10.0. The zero-order valence-electron chi connectivity index (χ0n) is 39.1. The first-order valence-electron chi connectivity index (χ1n) is 25.5. The van der Waals surface area contributed by atoms with Crippen molar-refractivity contribution in [1.29, 1.82) is 0 Å². The van der Waals surface area contributed by atoms with Gasteiger partial charge < -0.3 is 14.2 Å². The normalized spacial score (nSPS) is 12.4. The lowest BCUT2D eigenvalue weighted by Gasteiger charge is -2.18. The number of esters is 2. The quantitative estimate of drug-likeness (QED) is 0.0348. The highest BCUT2D eigenvalue weighted by Crippen LogP contribution is 2.15. The predicted molar refractivity (Wildman–Crippen MR) is 252 cm³/mol. The van der Waals surface area contributed by atoms with Crippen LogP contribution in [0.2, 0.25) is 0 Å². The van der Waals surface area contributed by atoms with Crippen molar-refractivity contribution in [2.24, 2.45) is 0 Å². The van der Waals surface area contributed by atoms with Gasteiger partial charge in [-0.1, -0.05) is 218 Å². The van der Waals surface area contributed by atoms with Gasteiger partial charge >= 0.3 is 11.9 Å². The second kappa shape index (κ2) is 49.5. The number of ether oxygens (including phenoxy) is 3. The predicted octanol–water partition coefficient (Wildman–Crippen LogP) is 17.0. The zero-order valence-corrected chi connectivity index (χ0v) is 39.1. The summed E-state index contributed by atoms with van der Waals surface area (Å²) in [7, 11) is 0. The highest BCUT2D eigenvalue weighted by Gasteiger charge is 2.17. The van der Waals surface area contributed by atoms with Crippen molar-refractivity contribution in [3.05, 3.63) is 36.5 Å². The fraction of sp³-hybridized carbons (Fsp3) is 0.849. The molecule has 0 fully saturated rings. The first kappa shape index (κ1) is 56.1. The summed E-state index contributed by atoms with van der Waals surface area (Å²) in [4.78, 5) is 25.3. The highest BCUT2D eigenvalue weighted by molar-refractivity contribution is 5.70. The van der Waals surface area contributed by atoms with Crippen LogP contribution in [-0.4, -0.2) is 37.9 Å². The third kappa shape index (κ3) is 46.8. The molecule has 0 saturated carbocycles. The Labute approximate surface area is 361 Å². The van der Waals surface area contributed by atoms with Crippen molar-refractivity contribution in [2.45, 2.75) is 271 Å². The van der Waals surface area contributed by atoms with E-state index in [9.17, 15) is 9.59 Å². The van der Waals surface area contributed by atoms with E-state index in [0.29, 0.717) is 19.4 Å². The van der Waals surface area contributed by atoms with E-state index in [4.69, 9.17) is 14.2 Å². The van der Waals surface area contributed by atoms with Crippen molar-refractivity contribution >= 4 is 11.9 Å². The summed E-state index contributed by atoms with van der Waals surface area (Å²) in [5, 5.41) is 0. The van der Waals surface area contributed by atoms with Gasteiger partial charge in [0, 0.05) is 19.4 Å². The summed E-state index contributed by atoms with van der Waals surface area (Å²) in [6.45, 7) is 7.78. The van der Waals surface area contributed by atoms with Crippen molar-refractivity contribution < 1.29 is 23.8 Å². The van der Waals surface area contributed by atoms with E-state index in [1.165, 1.54) is 167 Å². The number of hydrogen-bond acceptors (Lipinski definition) is 5. The van der Waals surface area contributed by atoms with Crippen LogP contribution in [0.1, 0.15) is 265 Å². The topological polar surface area (TPSA) is 61.8 Å². The molecule has 0 heterocycles. The number of carbonyl (C=O) groups excluding carboxylic acids is 2. The molecule has 0 radical (unpaired) electrons. The maximum absolute atomic E-state index is 12.8. The van der Waals surface area contributed by atoms with Crippen LogP contribution in [0.25, 0.3) is 0 Å². The molecule has 0 spiro atoms. The number of hydrogen-bond donors (Lipinski definition) is 0. The van der Waals surface area contributed by atoms with Gasteiger partial charge in [0.15, 0.2) is 6.10 Å². The molecule has 5 nitrogen and oxygen atoms in total. The first-order valence-corrected chi connectivity index (χ1v) is 25.5. The van der Waals surface area contributed by atoms with E-state index in [2.05, 4.69) is 57.2 Å². The molecule has 0 saturated heterocycles. The van der Waals surface area contributed by atoms with Crippen LogP contribution < -0.4 is 0 Å². The minimum Gasteiger partial charge on any atom is -0.462 e. The third-order valence-corrected chi connectivity index (χ3v) is 11.1. The summed E-state index contributed by atoms with van der Waals surface area (Å²) >= 11 is 0. The Morgan fingerprint density at radius 2 is 0.741 bits per heavy atom. The molecule has 0 amide bonds. The van der Waals surface area contributed by atoms with Crippen molar-refractivity contribution in [1.82, 2.24) is 0 Å². The van der Waals surface area contributed by atoms with Crippen molar-refractivity contribution in [2.75, 3.05) is 19.8 Å². The first-order chi connectivity index (χ1) is 28.6. The molecule has 0 aliphatic heterocycles. The highest BCUT2D eigenvalue weighted by atomic mass is 16.6. The van der Waals surface area contributed by atoms with Crippen LogP contribution in [0.5, 0.6) is 0 Å². The number of allylic oxidation sites excluding steroid dienone is 6. The molecule has 0 aliphatic carbocycles. The minimum absolute atomic E-state index is 0.0794. The monoisotopic (exact) mass is 815 g/mol. The van der Waals surface area contributed by atoms with Gasteiger partial charge in [-0.05, 0) is 70.6 Å². The van der Waals surface area contributed by atoms with Crippen LogP contribution >= 0.6 is 0 Å². The molecule has 340 valence electrons. The maximum atomic E-state index is 12.8. The van der Waals surface area contributed by atoms with Gasteiger partial charge in [0.05, 0.1) is 6.61 Å². The molecule has 0 aromatic rings. The number of carbonyl (C=O) groups is 2. The molecular weight excluding hydrogens is 717 g/mol. The van der Waals surface area contributed by atoms with E-state index in [0.717, 1.165) is 64.2 Å². The Balaban J connectivity index is 4.25. The smallest absolute Gasteiger partial charge is 0.306 e. The fourth-order valence-electron chi connectivity index (χ4n) is 7.29. The average molecular weight is 815 g/mol. The molecule has 0 aromatic heterocycles. The Hall–Kier alpha value is -1.88. The van der Waals surface area contributed by atoms with Crippen LogP contribution in [0.4, 0.5) is 0 Å². The van der Waals surface area contributed by atoms with E-state index in [-0.39, 0.29) is 25.2 Å². The van der Waals surface area contributed by atoms with Gasteiger partial charge in [-0.15, -0.1) is 0 Å². The molecule has 0 unspecified atom stereocenters. The molecular formula is C53H98O5. The fourth-order valence-corrected chi connectivity index (χ4v) is 7.29. The largest absolute Gasteiger partial charge is 0.462 e. The summed E-state index contributed by atoms with van der Waals surface area (Å²) in [5.41, 5.74) is 0. The summed E-state index contributed by atoms with van der Waals surface area (Å²) < 4.78 is 17.4. The standard InChI is InChI=1S/C53H98O5/c1-4-7-10-13-16-19-22-24-26-28-30-33-36-39-42-45-48-56-49-51(50-57-52(54)46-43-40-37-34-31-21-18-15-12-9-6-3)58-53(55)47-44-41-38-35-32-29-27-25-23-20-17-14-11-8-5-2/h15,17-18,20,25,27,51H,4-14,16,19,21-24,26,28-50H2,1-3H3/b18-15-,20-17-,27-25-/t51-/m1/s1. The maximum Gasteiger partial charge on any atom is 0.306 e. The van der Waals surface area contributed by atoms with Crippen LogP contribution in [0.3, 0.4) is 0 Å². The van der Waals surface area contributed by atoms with E-state index in [1.807, 2.05) is 0 Å². The Kier molecular flexibility index (Phi) is 47.9. The Bertz CT molecular complexity index is 924. The van der Waals surface area contributed by atoms with Gasteiger partial charge in [0.2, 0.25) is 0 Å². The van der Waals surface area contributed by atoms with E-state index < -0.39 is 6.10 Å². The van der Waals surface area contributed by atoms with Crippen LogP contribution in [-0.2, 0) is 23.8 Å². The van der Waals surface area contributed by atoms with Gasteiger partial charge in [0.25, 0.3) is 0 Å². The third-order valence-electron chi connectivity index (χ3n) is 11.1. The van der Waals surface area contributed by atoms with Gasteiger partial charge in [-0.3, -0.25) is 9.59 Å². The molecule has 0 aromatic carbocycles. The lowest BCUT2D eigenvalue weighted by Crippen LogP contribution is -2.30. The average Bonchev–Trinajstić information content (AvgIpc) is 3.22. The van der Waals surface area contributed by atoms with Gasteiger partial charge in [0.1, 0.15) is 6.61 Å². The molecule has 0 aliphatic rings. The van der Waals surface area contributed by atoms with Crippen LogP contribution in [0.15, 0.2) is 36.5 Å². The second-order valence-electron chi connectivity index (χ2n) is 17.1. The van der Waals surface area contributed by atoms with Gasteiger partial charge in [-0.2, -0.15) is 0 Å². The summed E-state index contributed by atoms with van der Waals surface area (Å²) in [5.74, 6) is -0.413. The molecule has 0 rings (SSSR count). The second-order valence-corrected chi connectivity index (χ2v) is 17.1. The zero-order chi connectivity index (χ0) is 42.1. The Morgan fingerprint density at radius 3 is 1.24 bits per heavy atom. The summed E-state index contributed by atoms with van der Waals surface area (Å²) in [6, 6.07) is 0. The van der Waals surface area contributed by atoms with Gasteiger partial charge in [-0.25, -0.2) is 0 Å². The molecule has 1 atom stereocenters. The SMILES string of the molecule is CCCC/C=C\CCCCCCCC(=O)OC[C@@H](COCCCCCCCCCCCCCCCCCC)OC(=O)CCCCCCC/C=C\C/C=C\CCCCC. The Morgan fingerprint density at radius 1 is 0.379 bits per heavy atom. The molecule has 5 heteroatoms. The molecule has 0 N–H and O–H groups in total. The lowest BCUT2D eigenvalue weighted by molar-refractivity contribution is -0.163. The van der Waals surface area contributed by atoms with E-state index in [1.54, 1.807) is 0 Å². The molecule has 0 bridgehead atoms. The van der Waals surface area contributed by atoms with Crippen molar-refractivity contribution in [3.8, 4) is 0 Å². The van der Waals surface area contributed by atoms with E-state index >= 15 is 0 Å².